The van der Waals surface area contributed by atoms with Crippen molar-refractivity contribution >= 4 is 35.0 Å². The van der Waals surface area contributed by atoms with Crippen molar-refractivity contribution in [1.29, 1.82) is 0 Å². The average Bonchev–Trinajstić information content (AvgIpc) is 3.21. The van der Waals surface area contributed by atoms with Crippen LogP contribution in [0.1, 0.15) is 17.0 Å². The summed E-state index contributed by atoms with van der Waals surface area (Å²) in [4.78, 5) is 13.2. The molecular formula is C20H20NO2PS. The monoisotopic (exact) mass is 369 g/mol. The highest BCUT2D eigenvalue weighted by molar-refractivity contribution is 7.79. The van der Waals surface area contributed by atoms with Crippen molar-refractivity contribution in [2.45, 2.75) is 12.1 Å². The van der Waals surface area contributed by atoms with Crippen molar-refractivity contribution in [2.24, 2.45) is 0 Å². The number of carbonyl (C=O) groups is 1. The quantitative estimate of drug-likeness (QED) is 0.669. The van der Waals surface area contributed by atoms with Crippen LogP contribution in [0.4, 0.5) is 0 Å². The highest BCUT2D eigenvalue weighted by atomic mass is 32.1. The number of hydrogen-bond acceptors (Lipinski definition) is 3. The molecule has 3 aromatic rings. The van der Waals surface area contributed by atoms with Gasteiger partial charge in [0.1, 0.15) is 0 Å². The first-order valence-electron chi connectivity index (χ1n) is 8.11. The molecule has 1 amide bonds. The molecule has 0 spiro atoms. The molecule has 0 aliphatic rings. The molecule has 25 heavy (non-hydrogen) atoms. The summed E-state index contributed by atoms with van der Waals surface area (Å²) < 4.78 is 14.5. The zero-order chi connectivity index (χ0) is 17.7. The van der Waals surface area contributed by atoms with Gasteiger partial charge < -0.3 is 9.88 Å². The van der Waals surface area contributed by atoms with E-state index in [9.17, 15) is 9.36 Å². The van der Waals surface area contributed by atoms with Gasteiger partial charge in [0.15, 0.2) is 7.14 Å². The van der Waals surface area contributed by atoms with Crippen LogP contribution in [-0.2, 0) is 9.36 Å². The Labute approximate surface area is 152 Å². The fourth-order valence-corrected chi connectivity index (χ4v) is 7.43. The Morgan fingerprint density at radius 3 is 1.96 bits per heavy atom. The average molecular weight is 369 g/mol. The highest BCUT2D eigenvalue weighted by Crippen LogP contribution is 2.59. The lowest BCUT2D eigenvalue weighted by molar-refractivity contribution is -0.120. The third-order valence-corrected chi connectivity index (χ3v) is 8.88. The van der Waals surface area contributed by atoms with E-state index in [1.807, 2.05) is 78.2 Å². The van der Waals surface area contributed by atoms with Crippen LogP contribution in [-0.4, -0.2) is 13.0 Å². The maximum absolute atomic E-state index is 14.5. The Bertz CT molecular complexity index is 820. The lowest BCUT2D eigenvalue weighted by Crippen LogP contribution is -2.26. The van der Waals surface area contributed by atoms with Crippen LogP contribution in [0.25, 0.3) is 0 Å². The SMILES string of the molecule is CNC(=O)CC(c1cccs1)P(=O)(c1ccccc1)c1ccccc1. The second-order valence-corrected chi connectivity index (χ2v) is 9.69. The number of carbonyl (C=O) groups excluding carboxylic acids is 1. The van der Waals surface area contributed by atoms with Crippen molar-refractivity contribution in [2.75, 3.05) is 7.05 Å². The van der Waals surface area contributed by atoms with Gasteiger partial charge in [0, 0.05) is 29.0 Å². The maximum atomic E-state index is 14.5. The predicted molar refractivity (Wildman–Crippen MR) is 106 cm³/mol. The first kappa shape index (κ1) is 17.7. The Kier molecular flexibility index (Phi) is 5.52. The molecule has 0 saturated heterocycles. The fourth-order valence-electron chi connectivity index (χ4n) is 2.97. The highest BCUT2D eigenvalue weighted by Gasteiger charge is 2.39. The lowest BCUT2D eigenvalue weighted by atomic mass is 10.2. The van der Waals surface area contributed by atoms with Gasteiger partial charge in [-0.2, -0.15) is 0 Å². The van der Waals surface area contributed by atoms with E-state index in [1.165, 1.54) is 0 Å². The topological polar surface area (TPSA) is 46.2 Å². The van der Waals surface area contributed by atoms with E-state index >= 15 is 0 Å². The Morgan fingerprint density at radius 1 is 0.960 bits per heavy atom. The molecule has 3 nitrogen and oxygen atoms in total. The molecule has 5 heteroatoms. The van der Waals surface area contributed by atoms with Crippen LogP contribution in [0, 0.1) is 0 Å². The predicted octanol–water partition coefficient (Wildman–Crippen LogP) is 3.94. The molecule has 0 aliphatic heterocycles. The first-order chi connectivity index (χ1) is 12.2. The van der Waals surface area contributed by atoms with E-state index in [1.54, 1.807) is 18.4 Å². The summed E-state index contributed by atoms with van der Waals surface area (Å²) >= 11 is 1.55. The number of hydrogen-bond donors (Lipinski definition) is 1. The van der Waals surface area contributed by atoms with Gasteiger partial charge in [-0.05, 0) is 11.4 Å². The molecule has 128 valence electrons. The number of amides is 1. The van der Waals surface area contributed by atoms with Crippen molar-refractivity contribution in [3.63, 3.8) is 0 Å². The normalized spacial score (nSPS) is 12.5. The van der Waals surface area contributed by atoms with Crippen LogP contribution in [0.15, 0.2) is 78.2 Å². The summed E-state index contributed by atoms with van der Waals surface area (Å²) in [6.07, 6.45) is 0.193. The van der Waals surface area contributed by atoms with Crippen LogP contribution in [0.5, 0.6) is 0 Å². The van der Waals surface area contributed by atoms with Gasteiger partial charge in [0.25, 0.3) is 0 Å². The molecule has 1 atom stereocenters. The van der Waals surface area contributed by atoms with Gasteiger partial charge in [0.05, 0.1) is 5.66 Å². The zero-order valence-electron chi connectivity index (χ0n) is 14.0. The molecular weight excluding hydrogens is 349 g/mol. The van der Waals surface area contributed by atoms with Gasteiger partial charge in [0.2, 0.25) is 5.91 Å². The molecule has 0 saturated carbocycles. The smallest absolute Gasteiger partial charge is 0.220 e. The molecule has 0 radical (unpaired) electrons. The van der Waals surface area contributed by atoms with E-state index in [2.05, 4.69) is 5.32 Å². The van der Waals surface area contributed by atoms with E-state index in [0.29, 0.717) is 0 Å². The Morgan fingerprint density at radius 2 is 1.52 bits per heavy atom. The minimum Gasteiger partial charge on any atom is -0.359 e. The van der Waals surface area contributed by atoms with Gasteiger partial charge >= 0.3 is 0 Å². The number of thiophene rings is 1. The maximum Gasteiger partial charge on any atom is 0.220 e. The number of rotatable bonds is 6. The van der Waals surface area contributed by atoms with E-state index < -0.39 is 7.14 Å². The lowest BCUT2D eigenvalue weighted by Gasteiger charge is -2.28. The van der Waals surface area contributed by atoms with Crippen LogP contribution in [0.3, 0.4) is 0 Å². The van der Waals surface area contributed by atoms with Gasteiger partial charge in [-0.25, -0.2) is 0 Å². The fraction of sp³-hybridized carbons (Fsp3) is 0.150. The Balaban J connectivity index is 2.21. The van der Waals surface area contributed by atoms with E-state index in [-0.39, 0.29) is 18.0 Å². The zero-order valence-corrected chi connectivity index (χ0v) is 15.7. The largest absolute Gasteiger partial charge is 0.359 e. The standard InChI is InChI=1S/C20H20NO2PS/c1-21-20(22)15-18(19-13-8-14-25-19)24(23,16-9-4-2-5-10-16)17-11-6-3-7-12-17/h2-14,18H,15H2,1H3,(H,21,22). The molecule has 3 rings (SSSR count). The van der Waals surface area contributed by atoms with E-state index in [4.69, 9.17) is 0 Å². The van der Waals surface area contributed by atoms with Gasteiger partial charge in [-0.3, -0.25) is 4.79 Å². The number of benzene rings is 2. The molecule has 1 unspecified atom stereocenters. The second kappa shape index (κ2) is 7.81. The summed E-state index contributed by atoms with van der Waals surface area (Å²) in [7, 11) is -1.43. The minimum atomic E-state index is -3.04. The minimum absolute atomic E-state index is 0.106. The summed E-state index contributed by atoms with van der Waals surface area (Å²) in [5.74, 6) is -0.106. The molecule has 0 fully saturated rings. The van der Waals surface area contributed by atoms with Crippen LogP contribution in [0.2, 0.25) is 0 Å². The first-order valence-corrected chi connectivity index (χ1v) is 10.8. The summed E-state index contributed by atoms with van der Waals surface area (Å²) in [5.41, 5.74) is -0.378. The third kappa shape index (κ3) is 3.60. The van der Waals surface area contributed by atoms with Gasteiger partial charge in [-0.1, -0.05) is 66.7 Å². The second-order valence-electron chi connectivity index (χ2n) is 5.74. The third-order valence-electron chi connectivity index (χ3n) is 4.25. The molecule has 1 heterocycles. The molecule has 2 aromatic carbocycles. The molecule has 0 aliphatic carbocycles. The van der Waals surface area contributed by atoms with Crippen molar-refractivity contribution in [3.8, 4) is 0 Å². The van der Waals surface area contributed by atoms with E-state index in [0.717, 1.165) is 15.5 Å². The van der Waals surface area contributed by atoms with Crippen molar-refractivity contribution < 1.29 is 9.36 Å². The summed E-state index contributed by atoms with van der Waals surface area (Å²) in [6.45, 7) is 0. The molecule has 1 N–H and O–H groups in total. The molecule has 1 aromatic heterocycles. The van der Waals surface area contributed by atoms with Gasteiger partial charge in [-0.15, -0.1) is 11.3 Å². The van der Waals surface area contributed by atoms with Crippen LogP contribution >= 0.6 is 18.5 Å². The summed E-state index contributed by atoms with van der Waals surface area (Å²) in [5, 5.41) is 6.20. The van der Waals surface area contributed by atoms with Crippen LogP contribution < -0.4 is 15.9 Å². The molecule has 0 bridgehead atoms. The Hall–Kier alpha value is -2.16. The summed E-state index contributed by atoms with van der Waals surface area (Å²) in [6, 6.07) is 22.9. The van der Waals surface area contributed by atoms with Crippen molar-refractivity contribution in [3.05, 3.63) is 83.1 Å². The van der Waals surface area contributed by atoms with Crippen molar-refractivity contribution in [1.82, 2.24) is 5.32 Å². The number of nitrogens with one attached hydrogen (secondary N) is 1.